The molecule has 0 radical (unpaired) electrons. The van der Waals surface area contributed by atoms with E-state index in [1.807, 2.05) is 12.2 Å². The number of hydrogen-bond acceptors (Lipinski definition) is 4. The summed E-state index contributed by atoms with van der Waals surface area (Å²) in [6.45, 7) is 7.31. The molecule has 0 spiro atoms. The van der Waals surface area contributed by atoms with Gasteiger partial charge in [0, 0.05) is 11.9 Å². The predicted molar refractivity (Wildman–Crippen MR) is 148 cm³/mol. The van der Waals surface area contributed by atoms with Crippen molar-refractivity contribution in [2.75, 3.05) is 0 Å². The van der Waals surface area contributed by atoms with Crippen molar-refractivity contribution < 1.29 is 123 Å². The molecule has 38 heavy (non-hydrogen) atoms. The maximum atomic E-state index is 11.5. The van der Waals surface area contributed by atoms with E-state index in [4.69, 9.17) is 0 Å². The molecule has 2 unspecified atom stereocenters. The van der Waals surface area contributed by atoms with Crippen LogP contribution in [0.25, 0.3) is 0 Å². The molecule has 0 bridgehead atoms. The average Bonchev–Trinajstić information content (AvgIpc) is 2.85. The number of allylic oxidation sites excluding steroid dienone is 6. The van der Waals surface area contributed by atoms with Gasteiger partial charge in [0.1, 0.15) is 0 Å². The average molecular weight is 579 g/mol. The van der Waals surface area contributed by atoms with Gasteiger partial charge >= 0.3 is 103 Å². The van der Waals surface area contributed by atoms with Gasteiger partial charge in [0.2, 0.25) is 0 Å². The van der Waals surface area contributed by atoms with E-state index in [-0.39, 0.29) is 115 Å². The number of aliphatic carboxylic acids is 2. The van der Waals surface area contributed by atoms with Crippen LogP contribution in [0.2, 0.25) is 0 Å². The van der Waals surface area contributed by atoms with Crippen LogP contribution in [0.3, 0.4) is 0 Å². The van der Waals surface area contributed by atoms with E-state index in [0.29, 0.717) is 25.7 Å². The normalized spacial score (nSPS) is 12.5. The molecule has 206 valence electrons. The van der Waals surface area contributed by atoms with Crippen LogP contribution < -0.4 is 113 Å². The molecule has 0 amide bonds. The zero-order valence-corrected chi connectivity index (χ0v) is 31.1. The Kier molecular flexibility index (Phi) is 39.5. The van der Waals surface area contributed by atoms with E-state index < -0.39 is 11.9 Å². The first-order valence-electron chi connectivity index (χ1n) is 14.5. The number of carbonyl (C=O) groups is 2. The molecule has 2 atom stereocenters. The van der Waals surface area contributed by atoms with E-state index >= 15 is 0 Å². The maximum Gasteiger partial charge on any atom is 1.00 e. The number of carboxylic acid groups (broad SMARTS) is 2. The Morgan fingerprint density at radius 3 is 1.03 bits per heavy atom. The van der Waals surface area contributed by atoms with Crippen molar-refractivity contribution in [3.05, 3.63) is 49.6 Å². The standard InChI is InChI=1S/C32H54O4.2K/c1-3-5-7-9-11-13-15-17-21-25-29(31(33)34)27-23-19-20-24-28-30(32(35)36)26-22-18-16-14-12-10-8-6-4-2;;/h3-8,29-30H,1-2,9-28H2,(H,33,34)(H,35,36);;/q;2*+1/p-2. The van der Waals surface area contributed by atoms with Gasteiger partial charge in [0.05, 0.1) is 0 Å². The molecule has 4 nitrogen and oxygen atoms in total. The van der Waals surface area contributed by atoms with Crippen LogP contribution in [-0.2, 0) is 9.59 Å². The third-order valence-corrected chi connectivity index (χ3v) is 6.91. The molecular formula is C32H52K2O4. The SMILES string of the molecule is C=CC=CCCCCCCCC(CCCCCCC(CCCCCCCC=CC=C)C(=O)[O-])C(=O)[O-].[K+].[K+]. The fourth-order valence-electron chi connectivity index (χ4n) is 4.65. The second-order valence-corrected chi connectivity index (χ2v) is 10.0. The first-order chi connectivity index (χ1) is 17.5. The second-order valence-electron chi connectivity index (χ2n) is 10.0. The van der Waals surface area contributed by atoms with Gasteiger partial charge < -0.3 is 19.8 Å². The molecule has 0 fully saturated rings. The molecular weight excluding hydrogens is 527 g/mol. The van der Waals surface area contributed by atoms with Crippen molar-refractivity contribution >= 4 is 11.9 Å². The zero-order chi connectivity index (χ0) is 26.7. The Morgan fingerprint density at radius 2 is 0.763 bits per heavy atom. The molecule has 0 saturated carbocycles. The molecule has 0 saturated heterocycles. The summed E-state index contributed by atoms with van der Waals surface area (Å²) in [6.07, 6.45) is 31.4. The summed E-state index contributed by atoms with van der Waals surface area (Å²) in [4.78, 5) is 22.9. The van der Waals surface area contributed by atoms with Crippen molar-refractivity contribution in [3.63, 3.8) is 0 Å². The maximum absolute atomic E-state index is 11.5. The van der Waals surface area contributed by atoms with Gasteiger partial charge in [-0.25, -0.2) is 0 Å². The number of hydrogen-bond donors (Lipinski definition) is 0. The van der Waals surface area contributed by atoms with Crippen LogP contribution in [0.15, 0.2) is 49.6 Å². The molecule has 0 aliphatic heterocycles. The molecule has 0 aromatic carbocycles. The monoisotopic (exact) mass is 578 g/mol. The van der Waals surface area contributed by atoms with Gasteiger partial charge in [-0.3, -0.25) is 0 Å². The summed E-state index contributed by atoms with van der Waals surface area (Å²) >= 11 is 0. The Morgan fingerprint density at radius 1 is 0.500 bits per heavy atom. The van der Waals surface area contributed by atoms with Crippen molar-refractivity contribution in [1.82, 2.24) is 0 Å². The summed E-state index contributed by atoms with van der Waals surface area (Å²) in [5.41, 5.74) is 0. The van der Waals surface area contributed by atoms with Crippen LogP contribution >= 0.6 is 0 Å². The number of unbranched alkanes of at least 4 members (excludes halogenated alkanes) is 13. The van der Waals surface area contributed by atoms with Crippen LogP contribution in [0.4, 0.5) is 0 Å². The Balaban J connectivity index is -0.00000612. The summed E-state index contributed by atoms with van der Waals surface area (Å²) in [6, 6.07) is 0. The van der Waals surface area contributed by atoms with Crippen molar-refractivity contribution in [2.24, 2.45) is 11.8 Å². The quantitative estimate of drug-likeness (QED) is 0.0828. The molecule has 0 aromatic rings. The van der Waals surface area contributed by atoms with E-state index in [2.05, 4.69) is 25.3 Å². The second kappa shape index (κ2) is 34.4. The Hall–Kier alpha value is 1.17. The van der Waals surface area contributed by atoms with Crippen LogP contribution in [-0.4, -0.2) is 11.9 Å². The largest absolute Gasteiger partial charge is 1.00 e. The van der Waals surface area contributed by atoms with Gasteiger partial charge in [-0.2, -0.15) is 0 Å². The summed E-state index contributed by atoms with van der Waals surface area (Å²) < 4.78 is 0. The van der Waals surface area contributed by atoms with Crippen molar-refractivity contribution in [3.8, 4) is 0 Å². The summed E-state index contributed by atoms with van der Waals surface area (Å²) in [5.74, 6) is -2.55. The zero-order valence-electron chi connectivity index (χ0n) is 24.8. The van der Waals surface area contributed by atoms with Gasteiger partial charge in [0.15, 0.2) is 0 Å². The van der Waals surface area contributed by atoms with Crippen LogP contribution in [0, 0.1) is 11.8 Å². The minimum atomic E-state index is -0.921. The topological polar surface area (TPSA) is 80.3 Å². The fourth-order valence-corrected chi connectivity index (χ4v) is 4.65. The van der Waals surface area contributed by atoms with E-state index in [1.54, 1.807) is 12.2 Å². The van der Waals surface area contributed by atoms with Gasteiger partial charge in [-0.15, -0.1) is 0 Å². The first kappa shape index (κ1) is 43.6. The van der Waals surface area contributed by atoms with Crippen LogP contribution in [0.5, 0.6) is 0 Å². The van der Waals surface area contributed by atoms with E-state index in [9.17, 15) is 19.8 Å². The minimum Gasteiger partial charge on any atom is -0.550 e. The van der Waals surface area contributed by atoms with Gasteiger partial charge in [-0.05, 0) is 63.2 Å². The summed E-state index contributed by atoms with van der Waals surface area (Å²) in [5, 5.41) is 22.9. The molecule has 0 N–H and O–H groups in total. The van der Waals surface area contributed by atoms with Crippen molar-refractivity contribution in [1.29, 1.82) is 0 Å². The van der Waals surface area contributed by atoms with Crippen LogP contribution in [0.1, 0.15) is 128 Å². The number of carbonyl (C=O) groups excluding carboxylic acids is 2. The Bertz CT molecular complexity index is 577. The molecule has 0 aliphatic rings. The smallest absolute Gasteiger partial charge is 0.550 e. The molecule has 6 heteroatoms. The molecule has 0 heterocycles. The van der Waals surface area contributed by atoms with Crippen molar-refractivity contribution in [2.45, 2.75) is 128 Å². The van der Waals surface area contributed by atoms with E-state index in [1.165, 1.54) is 25.7 Å². The fraction of sp³-hybridized carbons (Fsp3) is 0.688. The Labute approximate surface area is 319 Å². The number of rotatable bonds is 27. The number of carboxylic acids is 2. The van der Waals surface area contributed by atoms with E-state index in [0.717, 1.165) is 77.0 Å². The minimum absolute atomic E-state index is 0. The first-order valence-corrected chi connectivity index (χ1v) is 14.5. The third kappa shape index (κ3) is 30.1. The predicted octanol–water partition coefficient (Wildman–Crippen LogP) is 1.01. The van der Waals surface area contributed by atoms with Gasteiger partial charge in [0.25, 0.3) is 0 Å². The molecule has 0 aliphatic carbocycles. The van der Waals surface area contributed by atoms with Gasteiger partial charge in [-0.1, -0.05) is 127 Å². The molecule has 0 rings (SSSR count). The summed E-state index contributed by atoms with van der Waals surface area (Å²) in [7, 11) is 0. The molecule has 0 aromatic heterocycles. The third-order valence-electron chi connectivity index (χ3n) is 6.91.